The van der Waals surface area contributed by atoms with Crippen LogP contribution in [-0.2, 0) is 0 Å². The minimum Gasteiger partial charge on any atom is -0.299 e. The Morgan fingerprint density at radius 1 is 1.31 bits per heavy atom. The van der Waals surface area contributed by atoms with E-state index in [1.165, 1.54) is 13.0 Å². The smallest absolute Gasteiger partial charge is 0.0306 e. The summed E-state index contributed by atoms with van der Waals surface area (Å²) in [5, 5.41) is 0. The lowest BCUT2D eigenvalue weighted by Gasteiger charge is -2.21. The maximum Gasteiger partial charge on any atom is 0.0306 e. The molecule has 0 radical (unpaired) electrons. The quantitative estimate of drug-likeness (QED) is 0.559. The van der Waals surface area contributed by atoms with Crippen molar-refractivity contribution in [3.8, 4) is 0 Å². The van der Waals surface area contributed by atoms with E-state index in [-0.39, 0.29) is 0 Å². The van der Waals surface area contributed by atoms with E-state index < -0.39 is 0 Å². The van der Waals surface area contributed by atoms with Gasteiger partial charge in [-0.1, -0.05) is 32.9 Å². The van der Waals surface area contributed by atoms with E-state index >= 15 is 0 Å². The highest BCUT2D eigenvalue weighted by atomic mass is 15.2. The van der Waals surface area contributed by atoms with Crippen molar-refractivity contribution in [2.24, 2.45) is 17.3 Å². The van der Waals surface area contributed by atoms with Crippen LogP contribution in [0.3, 0.4) is 0 Å². The molecule has 1 aliphatic heterocycles. The summed E-state index contributed by atoms with van der Waals surface area (Å²) in [5.41, 5.74) is 0.341. The molecular formula is C12H21N. The second-order valence-corrected chi connectivity index (χ2v) is 5.81. The molecule has 1 heteroatoms. The Morgan fingerprint density at radius 3 is 2.46 bits per heavy atom. The number of likely N-dealkylation sites (N-methyl/N-ethyl adjacent to an activating group) is 1. The van der Waals surface area contributed by atoms with Gasteiger partial charge in [0.15, 0.2) is 0 Å². The second-order valence-electron chi connectivity index (χ2n) is 5.81. The first kappa shape index (κ1) is 9.26. The molecule has 2 fully saturated rings. The number of likely N-dealkylation sites (tertiary alicyclic amines) is 1. The first-order valence-electron chi connectivity index (χ1n) is 5.37. The highest BCUT2D eigenvalue weighted by Crippen LogP contribution is 2.49. The van der Waals surface area contributed by atoms with Gasteiger partial charge in [-0.2, -0.15) is 0 Å². The minimum absolute atomic E-state index is 0.341. The molecule has 0 aromatic rings. The van der Waals surface area contributed by atoms with Crippen LogP contribution in [-0.4, -0.2) is 24.5 Å². The first-order chi connectivity index (χ1) is 5.97. The van der Waals surface area contributed by atoms with Crippen LogP contribution in [0.25, 0.3) is 0 Å². The van der Waals surface area contributed by atoms with E-state index in [1.54, 1.807) is 0 Å². The van der Waals surface area contributed by atoms with Crippen molar-refractivity contribution < 1.29 is 0 Å². The van der Waals surface area contributed by atoms with Gasteiger partial charge < -0.3 is 0 Å². The molecule has 1 nitrogen and oxygen atoms in total. The third kappa shape index (κ3) is 1.96. The van der Waals surface area contributed by atoms with Crippen molar-refractivity contribution >= 4 is 0 Å². The SMILES string of the molecule is CN1C[C@@H]2CC2C1/C=C/C(C)(C)C. The molecule has 0 aromatic heterocycles. The van der Waals surface area contributed by atoms with E-state index in [0.29, 0.717) is 5.41 Å². The van der Waals surface area contributed by atoms with Crippen molar-refractivity contribution in [2.45, 2.75) is 33.2 Å². The summed E-state index contributed by atoms with van der Waals surface area (Å²) >= 11 is 0. The Labute approximate surface area is 81.8 Å². The van der Waals surface area contributed by atoms with Crippen LogP contribution in [0.5, 0.6) is 0 Å². The van der Waals surface area contributed by atoms with Crippen LogP contribution in [0, 0.1) is 17.3 Å². The Kier molecular flexibility index (Phi) is 2.03. The first-order valence-corrected chi connectivity index (χ1v) is 5.37. The summed E-state index contributed by atoms with van der Waals surface area (Å²) in [6, 6.07) is 0.740. The number of hydrogen-bond donors (Lipinski definition) is 0. The van der Waals surface area contributed by atoms with Gasteiger partial charge in [-0.15, -0.1) is 0 Å². The number of nitrogens with zero attached hydrogens (tertiary/aromatic N) is 1. The third-order valence-electron chi connectivity index (χ3n) is 3.24. The van der Waals surface area contributed by atoms with E-state index in [0.717, 1.165) is 17.9 Å². The van der Waals surface area contributed by atoms with Gasteiger partial charge in [0.25, 0.3) is 0 Å². The molecule has 1 saturated heterocycles. The molecule has 2 aliphatic rings. The molecule has 1 saturated carbocycles. The molecule has 0 aromatic carbocycles. The Bertz CT molecular complexity index is 222. The molecule has 1 aliphatic carbocycles. The van der Waals surface area contributed by atoms with Gasteiger partial charge in [-0.3, -0.25) is 4.90 Å². The monoisotopic (exact) mass is 179 g/mol. The van der Waals surface area contributed by atoms with Crippen LogP contribution < -0.4 is 0 Å². The fourth-order valence-electron chi connectivity index (χ4n) is 2.39. The van der Waals surface area contributed by atoms with Crippen molar-refractivity contribution in [1.29, 1.82) is 0 Å². The summed E-state index contributed by atoms with van der Waals surface area (Å²) in [4.78, 5) is 2.50. The lowest BCUT2D eigenvalue weighted by atomic mass is 9.95. The molecule has 74 valence electrons. The molecule has 0 bridgehead atoms. The van der Waals surface area contributed by atoms with Crippen molar-refractivity contribution in [3.63, 3.8) is 0 Å². The normalized spacial score (nSPS) is 39.8. The molecule has 13 heavy (non-hydrogen) atoms. The highest BCUT2D eigenvalue weighted by molar-refractivity contribution is 5.12. The van der Waals surface area contributed by atoms with E-state index in [4.69, 9.17) is 0 Å². The zero-order chi connectivity index (χ0) is 9.64. The summed E-state index contributed by atoms with van der Waals surface area (Å²) in [7, 11) is 2.25. The second kappa shape index (κ2) is 2.84. The van der Waals surface area contributed by atoms with Gasteiger partial charge in [0.1, 0.15) is 0 Å². The molecule has 2 rings (SSSR count). The summed E-state index contributed by atoms with van der Waals surface area (Å²) in [6.45, 7) is 8.12. The zero-order valence-electron chi connectivity index (χ0n) is 9.25. The Balaban J connectivity index is 1.98. The standard InChI is InChI=1S/C12H21N/c1-12(2,3)6-5-11-10-7-9(10)8-13(11)4/h5-6,9-11H,7-8H2,1-4H3/b6-5+/t9-,10?,11?/m0/s1. The highest BCUT2D eigenvalue weighted by Gasteiger charge is 2.49. The van der Waals surface area contributed by atoms with E-state index in [1.807, 2.05) is 0 Å². The zero-order valence-corrected chi connectivity index (χ0v) is 9.25. The maximum atomic E-state index is 2.50. The van der Waals surface area contributed by atoms with Gasteiger partial charge in [0, 0.05) is 12.6 Å². The minimum atomic E-state index is 0.341. The van der Waals surface area contributed by atoms with Crippen molar-refractivity contribution in [2.75, 3.05) is 13.6 Å². The number of fused-ring (bicyclic) bond motifs is 1. The van der Waals surface area contributed by atoms with Gasteiger partial charge in [0.2, 0.25) is 0 Å². The molecule has 0 N–H and O–H groups in total. The molecule has 3 atom stereocenters. The van der Waals surface area contributed by atoms with E-state index in [9.17, 15) is 0 Å². The summed E-state index contributed by atoms with van der Waals surface area (Å²) in [6.07, 6.45) is 6.27. The van der Waals surface area contributed by atoms with E-state index in [2.05, 4.69) is 44.9 Å². The van der Waals surface area contributed by atoms with Crippen LogP contribution >= 0.6 is 0 Å². The topological polar surface area (TPSA) is 3.24 Å². The van der Waals surface area contributed by atoms with Gasteiger partial charge in [-0.25, -0.2) is 0 Å². The average molecular weight is 179 g/mol. The average Bonchev–Trinajstić information content (AvgIpc) is 2.60. The van der Waals surface area contributed by atoms with Gasteiger partial charge in [-0.05, 0) is 30.7 Å². The lowest BCUT2D eigenvalue weighted by molar-refractivity contribution is 0.311. The number of allylic oxidation sites excluding steroid dienone is 1. The molecule has 2 unspecified atom stereocenters. The lowest BCUT2D eigenvalue weighted by Crippen LogP contribution is -2.27. The largest absolute Gasteiger partial charge is 0.299 e. The van der Waals surface area contributed by atoms with Crippen LogP contribution in [0.2, 0.25) is 0 Å². The van der Waals surface area contributed by atoms with Gasteiger partial charge >= 0.3 is 0 Å². The fraction of sp³-hybridized carbons (Fsp3) is 0.833. The third-order valence-corrected chi connectivity index (χ3v) is 3.24. The number of hydrogen-bond acceptors (Lipinski definition) is 1. The molecule has 0 amide bonds. The predicted molar refractivity (Wildman–Crippen MR) is 56.6 cm³/mol. The molecular weight excluding hydrogens is 158 g/mol. The molecule has 1 heterocycles. The maximum absolute atomic E-state index is 2.50. The Hall–Kier alpha value is -0.300. The van der Waals surface area contributed by atoms with Crippen LogP contribution in [0.1, 0.15) is 27.2 Å². The Morgan fingerprint density at radius 2 is 2.00 bits per heavy atom. The van der Waals surface area contributed by atoms with Crippen molar-refractivity contribution in [3.05, 3.63) is 12.2 Å². The summed E-state index contributed by atoms with van der Waals surface area (Å²) in [5.74, 6) is 2.02. The van der Waals surface area contributed by atoms with Crippen LogP contribution in [0.4, 0.5) is 0 Å². The summed E-state index contributed by atoms with van der Waals surface area (Å²) < 4.78 is 0. The van der Waals surface area contributed by atoms with Crippen LogP contribution in [0.15, 0.2) is 12.2 Å². The molecule has 0 spiro atoms. The van der Waals surface area contributed by atoms with Gasteiger partial charge in [0.05, 0.1) is 0 Å². The van der Waals surface area contributed by atoms with Crippen molar-refractivity contribution in [1.82, 2.24) is 4.90 Å². The predicted octanol–water partition coefficient (Wildman–Crippen LogP) is 2.54. The number of piperidine rings is 1. The number of rotatable bonds is 1. The fourth-order valence-corrected chi connectivity index (χ4v) is 2.39.